The molecular weight excluding hydrogens is 849 g/mol. The number of aromatic nitrogens is 2. The zero-order valence-electron chi connectivity index (χ0n) is 36.4. The van der Waals surface area contributed by atoms with E-state index in [1.54, 1.807) is 44.2 Å². The minimum absolute atomic E-state index is 0.0279. The average Bonchev–Trinajstić information content (AvgIpc) is 3.29. The number of fused-ring (bicyclic) bond motifs is 2. The molecular formula is C50H49F2N7O5S. The number of anilines is 3. The van der Waals surface area contributed by atoms with Crippen LogP contribution in [0.15, 0.2) is 102 Å². The quantitative estimate of drug-likeness (QED) is 0.106. The Labute approximate surface area is 376 Å². The number of carbonyl (C=O) groups is 2. The number of carbonyl (C=O) groups excluding carboxylic acids is 2. The molecule has 9 rings (SSSR count). The summed E-state index contributed by atoms with van der Waals surface area (Å²) in [5.74, 6) is -1.29. The number of hydrogen-bond acceptors (Lipinski definition) is 10. The molecule has 1 unspecified atom stereocenters. The lowest BCUT2D eigenvalue weighted by molar-refractivity contribution is 0.0114. The van der Waals surface area contributed by atoms with Crippen molar-refractivity contribution in [1.82, 2.24) is 20.6 Å². The lowest BCUT2D eigenvalue weighted by Crippen LogP contribution is -2.46. The molecule has 1 fully saturated rings. The van der Waals surface area contributed by atoms with E-state index in [4.69, 9.17) is 15.5 Å². The molecule has 3 aliphatic rings. The fourth-order valence-electron chi connectivity index (χ4n) is 8.78. The summed E-state index contributed by atoms with van der Waals surface area (Å²) in [6, 6.07) is 23.8. The number of amides is 2. The fourth-order valence-corrected chi connectivity index (χ4v) is 9.84. The van der Waals surface area contributed by atoms with Gasteiger partial charge in [-0.2, -0.15) is 0 Å². The maximum Gasteiger partial charge on any atom is 0.253 e. The van der Waals surface area contributed by atoms with Gasteiger partial charge in [0.1, 0.15) is 29.4 Å². The number of ether oxygens (including phenoxy) is 1. The normalized spacial score (nSPS) is 17.4. The van der Waals surface area contributed by atoms with Gasteiger partial charge in [0.15, 0.2) is 9.84 Å². The van der Waals surface area contributed by atoms with Crippen molar-refractivity contribution in [3.8, 4) is 44.5 Å². The fraction of sp³-hybridized carbons (Fsp3) is 0.280. The maximum absolute atomic E-state index is 17.3. The Morgan fingerprint density at radius 2 is 1.37 bits per heavy atom. The second kappa shape index (κ2) is 17.3. The molecule has 0 radical (unpaired) electrons. The number of hydrogen-bond donors (Lipinski definition) is 4. The van der Waals surface area contributed by atoms with Crippen LogP contribution >= 0.6 is 0 Å². The van der Waals surface area contributed by atoms with Gasteiger partial charge in [0, 0.05) is 66.4 Å². The van der Waals surface area contributed by atoms with Crippen molar-refractivity contribution in [1.29, 1.82) is 0 Å². The van der Waals surface area contributed by atoms with Crippen molar-refractivity contribution >= 4 is 39.0 Å². The van der Waals surface area contributed by atoms with Gasteiger partial charge >= 0.3 is 0 Å². The Hall–Kier alpha value is -6.71. The Balaban J connectivity index is 1.04. The van der Waals surface area contributed by atoms with E-state index in [2.05, 4.69) is 39.7 Å². The molecule has 0 bridgehead atoms. The van der Waals surface area contributed by atoms with Gasteiger partial charge in [-0.3, -0.25) is 9.59 Å². The van der Waals surface area contributed by atoms with Crippen LogP contribution in [0.2, 0.25) is 0 Å². The third-order valence-electron chi connectivity index (χ3n) is 12.6. The molecule has 2 aromatic heterocycles. The van der Waals surface area contributed by atoms with Crippen LogP contribution in [0.1, 0.15) is 59.5 Å². The maximum atomic E-state index is 17.3. The predicted molar refractivity (Wildman–Crippen MR) is 248 cm³/mol. The number of sulfone groups is 1. The highest BCUT2D eigenvalue weighted by atomic mass is 32.2. The molecule has 6 aromatic rings. The van der Waals surface area contributed by atoms with Gasteiger partial charge in [0.25, 0.3) is 11.8 Å². The highest BCUT2D eigenvalue weighted by molar-refractivity contribution is 7.92. The number of nitrogens with zero attached hydrogens (tertiary/aromatic N) is 3. The van der Waals surface area contributed by atoms with E-state index in [0.29, 0.717) is 64.4 Å². The smallest absolute Gasteiger partial charge is 0.253 e. The number of morpholine rings is 1. The Kier molecular flexibility index (Phi) is 11.6. The van der Waals surface area contributed by atoms with Crippen molar-refractivity contribution in [2.24, 2.45) is 5.92 Å². The molecule has 5 heterocycles. The minimum Gasteiger partial charge on any atom is -0.383 e. The molecule has 334 valence electrons. The van der Waals surface area contributed by atoms with E-state index in [0.717, 1.165) is 24.3 Å². The van der Waals surface area contributed by atoms with Crippen LogP contribution in [-0.2, 0) is 27.4 Å². The zero-order valence-corrected chi connectivity index (χ0v) is 37.2. The van der Waals surface area contributed by atoms with Crippen LogP contribution in [0, 0.1) is 17.6 Å². The number of nitrogens with two attached hydrogens (primary N) is 1. The summed E-state index contributed by atoms with van der Waals surface area (Å²) in [5.41, 5.74) is 12.1. The van der Waals surface area contributed by atoms with Crippen LogP contribution in [-0.4, -0.2) is 74.0 Å². The summed E-state index contributed by atoms with van der Waals surface area (Å²) in [5, 5.41) is 8.50. The van der Waals surface area contributed by atoms with E-state index in [-0.39, 0.29) is 57.2 Å². The van der Waals surface area contributed by atoms with E-state index in [1.807, 2.05) is 30.3 Å². The Bertz CT molecular complexity index is 2960. The number of halogens is 2. The standard InChI is InChI=1S/C50H49F2N7O5S/c1-27(2)41-26-59(19-20-64-41)35-11-5-29(6-12-35)40-25-56-48(44(46(40)52)33-10-15-37-31(21-33)17-18-54-49(37)60)57-42-23-34-22-32(9-16-38(34)50(61)58-42)43-45(51)39(24-55-47(43)53)30-7-13-36(14-8-30)65(62,63)28(3)4/h5-16,21-22,24-25,27-28,41-42H,17-20,23,26H2,1-4H3,(H2,53,55)(H,54,60)(H,56,57)(H,58,61)/t41-,42?/m0/s1. The predicted octanol–water partition coefficient (Wildman–Crippen LogP) is 8.06. The number of rotatable bonds is 10. The molecule has 1 saturated heterocycles. The van der Waals surface area contributed by atoms with Gasteiger partial charge in [-0.15, -0.1) is 0 Å². The topological polar surface area (TPSA) is 169 Å². The highest BCUT2D eigenvalue weighted by Gasteiger charge is 2.30. The largest absolute Gasteiger partial charge is 0.383 e. The summed E-state index contributed by atoms with van der Waals surface area (Å²) in [7, 11) is -3.53. The molecule has 4 aromatic carbocycles. The summed E-state index contributed by atoms with van der Waals surface area (Å²) in [4.78, 5) is 37.8. The van der Waals surface area contributed by atoms with E-state index in [1.165, 1.54) is 36.7 Å². The molecule has 5 N–H and O–H groups in total. The van der Waals surface area contributed by atoms with Crippen LogP contribution in [0.5, 0.6) is 0 Å². The SMILES string of the molecule is CC(C)[C@@H]1CN(c2ccc(-c3cnc(NC4Cc5cc(-c6c(N)ncc(-c7ccc(S(=O)(=O)C(C)C)cc7)c6F)ccc5C(=O)N4)c(-c4ccc5c(c4)CCNC5=O)c3F)cc2)CCO1. The van der Waals surface area contributed by atoms with E-state index >= 15 is 8.78 Å². The van der Waals surface area contributed by atoms with Gasteiger partial charge in [0.05, 0.1) is 34.0 Å². The lowest BCUT2D eigenvalue weighted by Gasteiger charge is -2.36. The minimum atomic E-state index is -3.53. The molecule has 65 heavy (non-hydrogen) atoms. The van der Waals surface area contributed by atoms with Crippen LogP contribution in [0.25, 0.3) is 44.5 Å². The number of nitrogen functional groups attached to an aromatic ring is 1. The molecule has 0 aliphatic carbocycles. The second-order valence-corrected chi connectivity index (χ2v) is 19.8. The molecule has 3 aliphatic heterocycles. The average molecular weight is 898 g/mol. The third-order valence-corrected chi connectivity index (χ3v) is 14.7. The van der Waals surface area contributed by atoms with Crippen molar-refractivity contribution < 1.29 is 31.5 Å². The van der Waals surface area contributed by atoms with E-state index < -0.39 is 38.8 Å². The molecule has 2 atom stereocenters. The first-order valence-electron chi connectivity index (χ1n) is 21.7. The van der Waals surface area contributed by atoms with Crippen molar-refractivity contribution in [2.45, 2.75) is 63.0 Å². The lowest BCUT2D eigenvalue weighted by atomic mass is 9.92. The van der Waals surface area contributed by atoms with Crippen molar-refractivity contribution in [2.75, 3.05) is 42.2 Å². The van der Waals surface area contributed by atoms with Crippen LogP contribution < -0.4 is 26.6 Å². The van der Waals surface area contributed by atoms with Gasteiger partial charge < -0.3 is 31.3 Å². The third kappa shape index (κ3) is 8.30. The van der Waals surface area contributed by atoms with Gasteiger partial charge in [0.2, 0.25) is 0 Å². The summed E-state index contributed by atoms with van der Waals surface area (Å²) in [6.07, 6.45) is 2.92. The molecule has 12 nitrogen and oxygen atoms in total. The second-order valence-electron chi connectivity index (χ2n) is 17.3. The molecule has 0 saturated carbocycles. The number of nitrogens with one attached hydrogen (secondary N) is 3. The van der Waals surface area contributed by atoms with Gasteiger partial charge in [-0.05, 0) is 102 Å². The summed E-state index contributed by atoms with van der Waals surface area (Å²) in [6.45, 7) is 10.1. The summed E-state index contributed by atoms with van der Waals surface area (Å²) < 4.78 is 65.2. The molecule has 0 spiro atoms. The highest BCUT2D eigenvalue weighted by Crippen LogP contribution is 2.39. The van der Waals surface area contributed by atoms with E-state index in [9.17, 15) is 18.0 Å². The Morgan fingerprint density at radius 1 is 0.769 bits per heavy atom. The molecule has 15 heteroatoms. The van der Waals surface area contributed by atoms with Crippen molar-refractivity contribution in [3.63, 3.8) is 0 Å². The Morgan fingerprint density at radius 3 is 2.05 bits per heavy atom. The van der Waals surface area contributed by atoms with Crippen LogP contribution in [0.4, 0.5) is 26.1 Å². The zero-order chi connectivity index (χ0) is 45.7. The summed E-state index contributed by atoms with van der Waals surface area (Å²) >= 11 is 0. The first kappa shape index (κ1) is 43.5. The number of pyridine rings is 2. The first-order chi connectivity index (χ1) is 31.2. The van der Waals surface area contributed by atoms with Crippen LogP contribution in [0.3, 0.4) is 0 Å². The first-order valence-corrected chi connectivity index (χ1v) is 23.3. The van der Waals surface area contributed by atoms with Gasteiger partial charge in [-0.25, -0.2) is 27.2 Å². The molecule has 2 amide bonds. The van der Waals surface area contributed by atoms with Gasteiger partial charge in [-0.1, -0.05) is 56.3 Å². The monoisotopic (exact) mass is 897 g/mol. The van der Waals surface area contributed by atoms with Crippen molar-refractivity contribution in [3.05, 3.63) is 131 Å². The number of benzene rings is 4.